The van der Waals surface area contributed by atoms with Gasteiger partial charge in [-0.15, -0.1) is 0 Å². The summed E-state index contributed by atoms with van der Waals surface area (Å²) in [5.74, 6) is -0.297. The minimum absolute atomic E-state index is 0.0259. The third kappa shape index (κ3) is 4.73. The summed E-state index contributed by atoms with van der Waals surface area (Å²) in [6.07, 6.45) is 0. The molecule has 33 heavy (non-hydrogen) atoms. The zero-order valence-electron chi connectivity index (χ0n) is 17.4. The summed E-state index contributed by atoms with van der Waals surface area (Å²) in [5, 5.41) is 4.95. The summed E-state index contributed by atoms with van der Waals surface area (Å²) >= 11 is 4.68. The molecule has 1 aliphatic heterocycles. The third-order valence-electron chi connectivity index (χ3n) is 5.53. The first-order valence-corrected chi connectivity index (χ1v) is 12.0. The van der Waals surface area contributed by atoms with Crippen LogP contribution >= 0.6 is 27.3 Å². The lowest BCUT2D eigenvalue weighted by Crippen LogP contribution is -2.48. The van der Waals surface area contributed by atoms with E-state index in [4.69, 9.17) is 0 Å². The van der Waals surface area contributed by atoms with E-state index >= 15 is 0 Å². The van der Waals surface area contributed by atoms with Crippen LogP contribution in [0.4, 0.5) is 4.39 Å². The predicted molar refractivity (Wildman–Crippen MR) is 128 cm³/mol. The largest absolute Gasteiger partial charge is 0.336 e. The quantitative estimate of drug-likeness (QED) is 0.405. The van der Waals surface area contributed by atoms with E-state index in [1.807, 2.05) is 29.2 Å². The second-order valence-electron chi connectivity index (χ2n) is 7.77. The van der Waals surface area contributed by atoms with E-state index in [0.717, 1.165) is 10.0 Å². The van der Waals surface area contributed by atoms with Crippen molar-refractivity contribution in [1.82, 2.24) is 24.4 Å². The monoisotopic (exact) mass is 527 g/mol. The van der Waals surface area contributed by atoms with Crippen LogP contribution in [-0.2, 0) is 6.54 Å². The number of aromatic nitrogens is 3. The second-order valence-corrected chi connectivity index (χ2v) is 9.64. The van der Waals surface area contributed by atoms with Gasteiger partial charge in [0.2, 0.25) is 4.96 Å². The molecule has 0 aliphatic carbocycles. The molecular weight excluding hydrogens is 509 g/mol. The number of nitrogens with zero attached hydrogens (tertiary/aromatic N) is 5. The van der Waals surface area contributed by atoms with Crippen molar-refractivity contribution in [2.75, 3.05) is 26.2 Å². The van der Waals surface area contributed by atoms with Crippen molar-refractivity contribution in [3.8, 4) is 10.6 Å². The van der Waals surface area contributed by atoms with Crippen molar-refractivity contribution in [3.63, 3.8) is 0 Å². The van der Waals surface area contributed by atoms with Crippen LogP contribution in [0.3, 0.4) is 0 Å². The molecule has 1 saturated heterocycles. The Balaban J connectivity index is 1.27. The van der Waals surface area contributed by atoms with Gasteiger partial charge in [0.15, 0.2) is 0 Å². The van der Waals surface area contributed by atoms with E-state index in [1.165, 1.54) is 34.1 Å². The summed E-state index contributed by atoms with van der Waals surface area (Å²) in [6.45, 7) is 3.16. The van der Waals surface area contributed by atoms with Crippen molar-refractivity contribution in [2.45, 2.75) is 6.54 Å². The van der Waals surface area contributed by atoms with Gasteiger partial charge in [-0.3, -0.25) is 14.5 Å². The van der Waals surface area contributed by atoms with Gasteiger partial charge in [0.25, 0.3) is 11.5 Å². The molecule has 1 amide bonds. The van der Waals surface area contributed by atoms with Crippen LogP contribution in [0, 0.1) is 5.82 Å². The summed E-state index contributed by atoms with van der Waals surface area (Å²) in [4.78, 5) is 34.5. The molecular formula is C23H19BrFN5O2S. The van der Waals surface area contributed by atoms with Crippen LogP contribution in [0.1, 0.15) is 16.1 Å². The first-order valence-electron chi connectivity index (χ1n) is 10.4. The molecule has 0 N–H and O–H groups in total. The normalized spacial score (nSPS) is 14.7. The molecule has 2 aromatic carbocycles. The number of carbonyl (C=O) groups is 1. The summed E-state index contributed by atoms with van der Waals surface area (Å²) in [7, 11) is 0. The number of hydrogen-bond acceptors (Lipinski definition) is 6. The second kappa shape index (κ2) is 9.12. The molecule has 0 unspecified atom stereocenters. The molecule has 3 heterocycles. The highest BCUT2D eigenvalue weighted by atomic mass is 79.9. The summed E-state index contributed by atoms with van der Waals surface area (Å²) < 4.78 is 15.4. The van der Waals surface area contributed by atoms with Crippen LogP contribution < -0.4 is 5.56 Å². The number of halogens is 2. The smallest absolute Gasteiger partial charge is 0.275 e. The zero-order chi connectivity index (χ0) is 22.9. The highest BCUT2D eigenvalue weighted by Crippen LogP contribution is 2.24. The number of fused-ring (bicyclic) bond motifs is 1. The molecule has 7 nitrogen and oxygen atoms in total. The van der Waals surface area contributed by atoms with Gasteiger partial charge in [-0.05, 0) is 48.5 Å². The lowest BCUT2D eigenvalue weighted by Gasteiger charge is -2.34. The van der Waals surface area contributed by atoms with Crippen molar-refractivity contribution >= 4 is 38.1 Å². The van der Waals surface area contributed by atoms with Gasteiger partial charge in [-0.2, -0.15) is 9.61 Å². The summed E-state index contributed by atoms with van der Waals surface area (Å²) in [6, 6.07) is 14.9. The molecule has 0 atom stereocenters. The van der Waals surface area contributed by atoms with Gasteiger partial charge >= 0.3 is 0 Å². The molecule has 1 aliphatic rings. The maximum absolute atomic E-state index is 13.2. The molecule has 0 bridgehead atoms. The summed E-state index contributed by atoms with van der Waals surface area (Å²) in [5.41, 5.74) is 1.83. The third-order valence-corrected chi connectivity index (χ3v) is 7.01. The Kier molecular flexibility index (Phi) is 6.05. The molecule has 1 fully saturated rings. The van der Waals surface area contributed by atoms with Gasteiger partial charge in [0, 0.05) is 54.4 Å². The molecule has 4 aromatic rings. The Morgan fingerprint density at radius 1 is 1.03 bits per heavy atom. The fraction of sp³-hybridized carbons (Fsp3) is 0.217. The van der Waals surface area contributed by atoms with Gasteiger partial charge in [-0.25, -0.2) is 9.37 Å². The molecule has 0 spiro atoms. The minimum atomic E-state index is -0.323. The average Bonchev–Trinajstić information content (AvgIpc) is 3.25. The highest BCUT2D eigenvalue weighted by Gasteiger charge is 2.23. The number of hydrogen-bond donors (Lipinski definition) is 0. The number of piperazine rings is 1. The number of amides is 1. The van der Waals surface area contributed by atoms with Crippen molar-refractivity contribution in [3.05, 3.63) is 86.5 Å². The van der Waals surface area contributed by atoms with Crippen LogP contribution in [0.5, 0.6) is 0 Å². The van der Waals surface area contributed by atoms with Gasteiger partial charge in [0.05, 0.1) is 5.69 Å². The standard InChI is InChI=1S/C23H19BrFN5O2S/c24-17-5-1-16(2-6-17)22(32)29-11-9-28(10-12-29)14-19-13-20(31)30-23(26-19)33-21(27-30)15-3-7-18(25)8-4-15/h1-8,13H,9-12,14H2. The average molecular weight is 528 g/mol. The molecule has 2 aromatic heterocycles. The van der Waals surface area contributed by atoms with E-state index in [9.17, 15) is 14.0 Å². The lowest BCUT2D eigenvalue weighted by molar-refractivity contribution is 0.0627. The minimum Gasteiger partial charge on any atom is -0.336 e. The maximum Gasteiger partial charge on any atom is 0.275 e. The Hall–Kier alpha value is -2.95. The fourth-order valence-electron chi connectivity index (χ4n) is 3.76. The van der Waals surface area contributed by atoms with E-state index in [2.05, 4.69) is 30.9 Å². The van der Waals surface area contributed by atoms with Crippen molar-refractivity contribution < 1.29 is 9.18 Å². The molecule has 168 valence electrons. The molecule has 10 heteroatoms. The first kappa shape index (κ1) is 21.9. The molecule has 5 rings (SSSR count). The Morgan fingerprint density at radius 2 is 1.73 bits per heavy atom. The lowest BCUT2D eigenvalue weighted by atomic mass is 10.2. The predicted octanol–water partition coefficient (Wildman–Crippen LogP) is 3.68. The molecule has 0 saturated carbocycles. The highest BCUT2D eigenvalue weighted by molar-refractivity contribution is 9.10. The van der Waals surface area contributed by atoms with E-state index in [1.54, 1.807) is 12.1 Å². The first-order chi connectivity index (χ1) is 16.0. The van der Waals surface area contributed by atoms with Crippen molar-refractivity contribution in [2.24, 2.45) is 0 Å². The topological polar surface area (TPSA) is 70.8 Å². The molecule has 0 radical (unpaired) electrons. The number of benzene rings is 2. The Morgan fingerprint density at radius 3 is 2.42 bits per heavy atom. The van der Waals surface area contributed by atoms with Gasteiger partial charge in [0.1, 0.15) is 10.8 Å². The van der Waals surface area contributed by atoms with Gasteiger partial charge in [-0.1, -0.05) is 27.3 Å². The van der Waals surface area contributed by atoms with Crippen LogP contribution in [0.2, 0.25) is 0 Å². The SMILES string of the molecule is O=C(c1ccc(Br)cc1)N1CCN(Cc2cc(=O)n3nc(-c4ccc(F)cc4)sc3n2)CC1. The van der Waals surface area contributed by atoms with E-state index in [0.29, 0.717) is 53.9 Å². The van der Waals surface area contributed by atoms with Crippen molar-refractivity contribution in [1.29, 1.82) is 0 Å². The van der Waals surface area contributed by atoms with Crippen LogP contribution in [0.25, 0.3) is 15.5 Å². The maximum atomic E-state index is 13.2. The Labute approximate surface area is 201 Å². The fourth-order valence-corrected chi connectivity index (χ4v) is 4.95. The van der Waals surface area contributed by atoms with Crippen LogP contribution in [-0.4, -0.2) is 56.5 Å². The van der Waals surface area contributed by atoms with E-state index < -0.39 is 0 Å². The number of carbonyl (C=O) groups excluding carboxylic acids is 1. The van der Waals surface area contributed by atoms with Gasteiger partial charge < -0.3 is 4.90 Å². The van der Waals surface area contributed by atoms with E-state index in [-0.39, 0.29) is 17.3 Å². The Bertz CT molecular complexity index is 1360. The van der Waals surface area contributed by atoms with Crippen LogP contribution in [0.15, 0.2) is 63.9 Å². The zero-order valence-corrected chi connectivity index (χ0v) is 19.9. The number of rotatable bonds is 4.